The number of nitrogen functional groups attached to an aromatic ring is 1. The van der Waals surface area contributed by atoms with Crippen LogP contribution in [0.15, 0.2) is 18.2 Å². The van der Waals surface area contributed by atoms with Crippen LogP contribution in [0.4, 0.5) is 11.4 Å². The fourth-order valence-electron chi connectivity index (χ4n) is 2.11. The molecule has 0 amide bonds. The summed E-state index contributed by atoms with van der Waals surface area (Å²) in [6.45, 7) is 3.24. The number of aliphatic hydroxyl groups excluding tert-OH is 1. The van der Waals surface area contributed by atoms with Crippen LogP contribution in [-0.4, -0.2) is 37.0 Å². The summed E-state index contributed by atoms with van der Waals surface area (Å²) in [5.41, 5.74) is 7.62. The third kappa shape index (κ3) is 2.40. The Labute approximate surface area is 106 Å². The molecule has 2 atom stereocenters. The van der Waals surface area contributed by atoms with Crippen LogP contribution in [0.1, 0.15) is 12.5 Å². The van der Waals surface area contributed by atoms with Gasteiger partial charge in [0.15, 0.2) is 0 Å². The molecule has 1 fully saturated rings. The molecule has 2 rings (SSSR count). The summed E-state index contributed by atoms with van der Waals surface area (Å²) >= 11 is 0. The maximum atomic E-state index is 9.16. The number of morpholine rings is 1. The number of benzene rings is 1. The van der Waals surface area contributed by atoms with Crippen molar-refractivity contribution in [1.82, 2.24) is 0 Å². The molecule has 1 aromatic carbocycles. The van der Waals surface area contributed by atoms with E-state index in [4.69, 9.17) is 20.8 Å². The molecule has 1 aliphatic heterocycles. The van der Waals surface area contributed by atoms with Gasteiger partial charge in [-0.1, -0.05) is 0 Å². The van der Waals surface area contributed by atoms with E-state index in [1.165, 1.54) is 0 Å². The minimum atomic E-state index is -0.177. The summed E-state index contributed by atoms with van der Waals surface area (Å²) in [6.07, 6.45) is -0.177. The number of hydrogen-bond donors (Lipinski definition) is 2. The number of ether oxygens (including phenoxy) is 1. The van der Waals surface area contributed by atoms with Gasteiger partial charge in [-0.2, -0.15) is 5.26 Å². The summed E-state index contributed by atoms with van der Waals surface area (Å²) in [5, 5.41) is 18.2. The van der Waals surface area contributed by atoms with Gasteiger partial charge in [-0.3, -0.25) is 0 Å². The second-order valence-corrected chi connectivity index (χ2v) is 4.52. The quantitative estimate of drug-likeness (QED) is 0.753. The van der Waals surface area contributed by atoms with E-state index in [2.05, 4.69) is 17.9 Å². The smallest absolute Gasteiger partial charge is 0.101 e. The van der Waals surface area contributed by atoms with Crippen LogP contribution in [0.5, 0.6) is 0 Å². The zero-order chi connectivity index (χ0) is 13.1. The van der Waals surface area contributed by atoms with E-state index in [-0.39, 0.29) is 18.8 Å². The second kappa shape index (κ2) is 5.25. The predicted octanol–water partition coefficient (Wildman–Crippen LogP) is 0.726. The number of hydrogen-bond acceptors (Lipinski definition) is 5. The number of nitrogens with two attached hydrogens (primary N) is 1. The molecule has 5 nitrogen and oxygen atoms in total. The van der Waals surface area contributed by atoms with Crippen LogP contribution in [-0.2, 0) is 4.74 Å². The minimum Gasteiger partial charge on any atom is -0.398 e. The van der Waals surface area contributed by atoms with Gasteiger partial charge in [0.25, 0.3) is 0 Å². The highest BCUT2D eigenvalue weighted by atomic mass is 16.5. The Morgan fingerprint density at radius 3 is 3.06 bits per heavy atom. The fraction of sp³-hybridized carbons (Fsp3) is 0.462. The van der Waals surface area contributed by atoms with Gasteiger partial charge in [0, 0.05) is 24.0 Å². The van der Waals surface area contributed by atoms with Crippen LogP contribution < -0.4 is 10.6 Å². The summed E-state index contributed by atoms with van der Waals surface area (Å²) in [5.74, 6) is 0. The van der Waals surface area contributed by atoms with Crippen molar-refractivity contribution in [2.24, 2.45) is 0 Å². The molecule has 1 aromatic rings. The van der Waals surface area contributed by atoms with E-state index >= 15 is 0 Å². The second-order valence-electron chi connectivity index (χ2n) is 4.52. The molecule has 1 aliphatic rings. The Morgan fingerprint density at radius 2 is 2.39 bits per heavy atom. The third-order valence-electron chi connectivity index (χ3n) is 3.20. The molecule has 0 aromatic heterocycles. The average Bonchev–Trinajstić information content (AvgIpc) is 2.40. The summed E-state index contributed by atoms with van der Waals surface area (Å²) in [7, 11) is 0. The third-order valence-corrected chi connectivity index (χ3v) is 3.20. The number of rotatable bonds is 2. The van der Waals surface area contributed by atoms with Crippen molar-refractivity contribution in [3.05, 3.63) is 23.8 Å². The largest absolute Gasteiger partial charge is 0.398 e. The van der Waals surface area contributed by atoms with Crippen molar-refractivity contribution in [1.29, 1.82) is 5.26 Å². The molecule has 18 heavy (non-hydrogen) atoms. The van der Waals surface area contributed by atoms with Gasteiger partial charge < -0.3 is 20.5 Å². The zero-order valence-electron chi connectivity index (χ0n) is 10.3. The molecular formula is C13H17N3O2. The Balaban J connectivity index is 2.26. The van der Waals surface area contributed by atoms with E-state index in [1.807, 2.05) is 6.07 Å². The fourth-order valence-corrected chi connectivity index (χ4v) is 2.11. The van der Waals surface area contributed by atoms with Crippen molar-refractivity contribution in [2.45, 2.75) is 19.1 Å². The van der Waals surface area contributed by atoms with Crippen LogP contribution in [0, 0.1) is 11.3 Å². The standard InChI is InChI=1S/C13H17N3O2/c1-9-8-18-12(7-17)6-16(9)11-2-3-13(15)10(4-11)5-14/h2-4,9,12,17H,6-8,15H2,1H3. The van der Waals surface area contributed by atoms with Crippen molar-refractivity contribution in [3.63, 3.8) is 0 Å². The average molecular weight is 247 g/mol. The summed E-state index contributed by atoms with van der Waals surface area (Å²) in [6, 6.07) is 7.71. The van der Waals surface area contributed by atoms with Crippen molar-refractivity contribution in [3.8, 4) is 6.07 Å². The maximum absolute atomic E-state index is 9.16. The first-order valence-electron chi connectivity index (χ1n) is 5.94. The van der Waals surface area contributed by atoms with Crippen LogP contribution in [0.25, 0.3) is 0 Å². The molecule has 1 saturated heterocycles. The van der Waals surface area contributed by atoms with Gasteiger partial charge in [-0.15, -0.1) is 0 Å². The topological polar surface area (TPSA) is 82.5 Å². The molecule has 0 aliphatic carbocycles. The Kier molecular flexibility index (Phi) is 3.70. The van der Waals surface area contributed by atoms with Gasteiger partial charge >= 0.3 is 0 Å². The molecule has 0 bridgehead atoms. The van der Waals surface area contributed by atoms with E-state index in [9.17, 15) is 0 Å². The first-order valence-corrected chi connectivity index (χ1v) is 5.94. The number of aliphatic hydroxyl groups is 1. The lowest BCUT2D eigenvalue weighted by Gasteiger charge is -2.39. The minimum absolute atomic E-state index is 0.00327. The van der Waals surface area contributed by atoms with E-state index < -0.39 is 0 Å². The van der Waals surface area contributed by atoms with E-state index in [0.29, 0.717) is 24.4 Å². The van der Waals surface area contributed by atoms with Gasteiger partial charge in [0.1, 0.15) is 6.07 Å². The lowest BCUT2D eigenvalue weighted by molar-refractivity contribution is -0.0103. The highest BCUT2D eigenvalue weighted by molar-refractivity contribution is 5.63. The first kappa shape index (κ1) is 12.7. The first-order chi connectivity index (χ1) is 8.65. The summed E-state index contributed by atoms with van der Waals surface area (Å²) < 4.78 is 5.49. The molecule has 2 unspecified atom stereocenters. The molecule has 3 N–H and O–H groups in total. The highest BCUT2D eigenvalue weighted by Crippen LogP contribution is 2.25. The van der Waals surface area contributed by atoms with Crippen molar-refractivity contribution >= 4 is 11.4 Å². The zero-order valence-corrected chi connectivity index (χ0v) is 10.3. The normalized spacial score (nSPS) is 23.7. The molecule has 1 heterocycles. The van der Waals surface area contributed by atoms with Crippen LogP contribution in [0.3, 0.4) is 0 Å². The highest BCUT2D eigenvalue weighted by Gasteiger charge is 2.26. The SMILES string of the molecule is CC1COC(CO)CN1c1ccc(N)c(C#N)c1. The molecule has 0 radical (unpaired) electrons. The lowest BCUT2D eigenvalue weighted by atomic mass is 10.1. The van der Waals surface area contributed by atoms with E-state index in [1.54, 1.807) is 12.1 Å². The molecule has 0 saturated carbocycles. The Hall–Kier alpha value is -1.77. The Morgan fingerprint density at radius 1 is 1.61 bits per heavy atom. The summed E-state index contributed by atoms with van der Waals surface area (Å²) in [4.78, 5) is 2.13. The van der Waals surface area contributed by atoms with Crippen molar-refractivity contribution in [2.75, 3.05) is 30.4 Å². The van der Waals surface area contributed by atoms with Gasteiger partial charge in [0.2, 0.25) is 0 Å². The molecule has 96 valence electrons. The number of nitriles is 1. The van der Waals surface area contributed by atoms with Gasteiger partial charge in [-0.05, 0) is 25.1 Å². The maximum Gasteiger partial charge on any atom is 0.101 e. The monoisotopic (exact) mass is 247 g/mol. The molecule has 5 heteroatoms. The van der Waals surface area contributed by atoms with Crippen LogP contribution >= 0.6 is 0 Å². The lowest BCUT2D eigenvalue weighted by Crippen LogP contribution is -2.49. The van der Waals surface area contributed by atoms with Gasteiger partial charge in [-0.25, -0.2) is 0 Å². The van der Waals surface area contributed by atoms with E-state index in [0.717, 1.165) is 5.69 Å². The Bertz CT molecular complexity index is 470. The molecule has 0 spiro atoms. The van der Waals surface area contributed by atoms with Crippen LogP contribution in [0.2, 0.25) is 0 Å². The molecular weight excluding hydrogens is 230 g/mol. The number of anilines is 2. The predicted molar refractivity (Wildman–Crippen MR) is 69.2 cm³/mol. The number of nitrogens with zero attached hydrogens (tertiary/aromatic N) is 2. The van der Waals surface area contributed by atoms with Gasteiger partial charge in [0.05, 0.1) is 24.9 Å². The van der Waals surface area contributed by atoms with Crippen molar-refractivity contribution < 1.29 is 9.84 Å².